The molecule has 0 radical (unpaired) electrons. The van der Waals surface area contributed by atoms with Gasteiger partial charge < -0.3 is 0 Å². The van der Waals surface area contributed by atoms with Crippen molar-refractivity contribution in [3.63, 3.8) is 0 Å². The molecule has 0 spiro atoms. The van der Waals surface area contributed by atoms with E-state index in [1.54, 1.807) is 6.92 Å². The number of ketones is 1. The van der Waals surface area contributed by atoms with E-state index in [4.69, 9.17) is 0 Å². The minimum atomic E-state index is 0.230. The van der Waals surface area contributed by atoms with Crippen LogP contribution in [0.25, 0.3) is 0 Å². The lowest BCUT2D eigenvalue weighted by Gasteiger charge is -2.08. The van der Waals surface area contributed by atoms with Crippen LogP contribution in [-0.2, 0) is 11.2 Å². The number of hydrogen-bond donors (Lipinski definition) is 0. The fourth-order valence-corrected chi connectivity index (χ4v) is 1.58. The summed E-state index contributed by atoms with van der Waals surface area (Å²) >= 11 is 0. The van der Waals surface area contributed by atoms with E-state index in [1.807, 2.05) is 0 Å². The van der Waals surface area contributed by atoms with Crippen molar-refractivity contribution >= 4 is 5.78 Å². The fourth-order valence-electron chi connectivity index (χ4n) is 1.58. The molecule has 1 aromatic carbocycles. The number of carbonyl (C=O) groups excluding carboxylic acids is 1. The first-order valence-electron chi connectivity index (χ1n) is 4.57. The zero-order chi connectivity index (χ0) is 10.0. The van der Waals surface area contributed by atoms with E-state index in [0.29, 0.717) is 6.42 Å². The van der Waals surface area contributed by atoms with E-state index >= 15 is 0 Å². The second-order valence-electron chi connectivity index (χ2n) is 3.74. The molecule has 1 nitrogen and oxygen atoms in total. The second kappa shape index (κ2) is 3.73. The molecule has 0 aliphatic rings. The first-order chi connectivity index (χ1) is 6.00. The van der Waals surface area contributed by atoms with Gasteiger partial charge in [-0.1, -0.05) is 17.7 Å². The number of rotatable bonds is 2. The summed E-state index contributed by atoms with van der Waals surface area (Å²) in [7, 11) is 0. The molecule has 0 unspecified atom stereocenters. The fraction of sp³-hybridized carbons (Fsp3) is 0.417. The minimum absolute atomic E-state index is 0.230. The highest BCUT2D eigenvalue weighted by atomic mass is 16.1. The van der Waals surface area contributed by atoms with Crippen LogP contribution in [-0.4, -0.2) is 5.78 Å². The first kappa shape index (κ1) is 9.97. The largest absolute Gasteiger partial charge is 0.300 e. The van der Waals surface area contributed by atoms with Crippen molar-refractivity contribution in [2.45, 2.75) is 34.1 Å². The van der Waals surface area contributed by atoms with Gasteiger partial charge in [0.2, 0.25) is 0 Å². The van der Waals surface area contributed by atoms with E-state index in [2.05, 4.69) is 32.9 Å². The quantitative estimate of drug-likeness (QED) is 0.677. The summed E-state index contributed by atoms with van der Waals surface area (Å²) in [5.41, 5.74) is 4.93. The van der Waals surface area contributed by atoms with Crippen LogP contribution in [0.3, 0.4) is 0 Å². The van der Waals surface area contributed by atoms with Gasteiger partial charge in [-0.15, -0.1) is 0 Å². The highest BCUT2D eigenvalue weighted by Crippen LogP contribution is 2.16. The maximum atomic E-state index is 11.0. The third kappa shape index (κ3) is 2.41. The standard InChI is InChI=1S/C12H16O/c1-8-5-9(2)11(4)12(6-8)7-10(3)13/h5-6H,7H2,1-4H3. The van der Waals surface area contributed by atoms with Gasteiger partial charge >= 0.3 is 0 Å². The molecular formula is C12H16O. The molecule has 0 fully saturated rings. The number of benzene rings is 1. The van der Waals surface area contributed by atoms with Crippen molar-refractivity contribution in [3.8, 4) is 0 Å². The minimum Gasteiger partial charge on any atom is -0.300 e. The highest BCUT2D eigenvalue weighted by molar-refractivity contribution is 5.78. The lowest BCUT2D eigenvalue weighted by Crippen LogP contribution is -2.00. The van der Waals surface area contributed by atoms with Crippen molar-refractivity contribution in [1.82, 2.24) is 0 Å². The summed E-state index contributed by atoms with van der Waals surface area (Å²) in [6, 6.07) is 4.25. The Kier molecular flexibility index (Phi) is 2.86. The Labute approximate surface area is 79.8 Å². The van der Waals surface area contributed by atoms with Crippen LogP contribution in [0.1, 0.15) is 29.2 Å². The summed E-state index contributed by atoms with van der Waals surface area (Å²) in [5, 5.41) is 0. The highest BCUT2D eigenvalue weighted by Gasteiger charge is 2.04. The summed E-state index contributed by atoms with van der Waals surface area (Å²) in [5.74, 6) is 0.230. The normalized spacial score (nSPS) is 10.2. The molecule has 0 saturated heterocycles. The Hall–Kier alpha value is -1.11. The summed E-state index contributed by atoms with van der Waals surface area (Å²) in [6.07, 6.45) is 0.564. The van der Waals surface area contributed by atoms with Gasteiger partial charge in [-0.2, -0.15) is 0 Å². The Balaban J connectivity index is 3.12. The van der Waals surface area contributed by atoms with Gasteiger partial charge in [0.15, 0.2) is 0 Å². The lowest BCUT2D eigenvalue weighted by atomic mass is 9.97. The SMILES string of the molecule is CC(=O)Cc1cc(C)cc(C)c1C. The molecule has 1 rings (SSSR count). The van der Waals surface area contributed by atoms with E-state index in [1.165, 1.54) is 22.3 Å². The number of aryl methyl sites for hydroxylation is 2. The molecule has 0 aliphatic carbocycles. The van der Waals surface area contributed by atoms with Crippen molar-refractivity contribution < 1.29 is 4.79 Å². The van der Waals surface area contributed by atoms with Gasteiger partial charge in [-0.05, 0) is 44.4 Å². The van der Waals surface area contributed by atoms with Gasteiger partial charge in [0.25, 0.3) is 0 Å². The van der Waals surface area contributed by atoms with Crippen LogP contribution in [0.5, 0.6) is 0 Å². The van der Waals surface area contributed by atoms with E-state index in [0.717, 1.165) is 0 Å². The lowest BCUT2D eigenvalue weighted by molar-refractivity contribution is -0.116. The summed E-state index contributed by atoms with van der Waals surface area (Å²) in [4.78, 5) is 11.0. The monoisotopic (exact) mass is 176 g/mol. The van der Waals surface area contributed by atoms with Crippen LogP contribution >= 0.6 is 0 Å². The van der Waals surface area contributed by atoms with Crippen molar-refractivity contribution in [2.24, 2.45) is 0 Å². The topological polar surface area (TPSA) is 17.1 Å². The molecule has 0 atom stereocenters. The molecule has 0 aromatic heterocycles. The van der Waals surface area contributed by atoms with Crippen molar-refractivity contribution in [3.05, 3.63) is 34.4 Å². The van der Waals surface area contributed by atoms with E-state index < -0.39 is 0 Å². The molecule has 0 amide bonds. The van der Waals surface area contributed by atoms with Crippen molar-refractivity contribution in [2.75, 3.05) is 0 Å². The maximum Gasteiger partial charge on any atom is 0.134 e. The Morgan fingerprint density at radius 2 is 1.85 bits per heavy atom. The van der Waals surface area contributed by atoms with Crippen LogP contribution < -0.4 is 0 Å². The first-order valence-corrected chi connectivity index (χ1v) is 4.57. The summed E-state index contributed by atoms with van der Waals surface area (Å²) in [6.45, 7) is 7.87. The molecule has 13 heavy (non-hydrogen) atoms. The van der Waals surface area contributed by atoms with E-state index in [9.17, 15) is 4.79 Å². The molecule has 0 heterocycles. The van der Waals surface area contributed by atoms with Gasteiger partial charge in [0, 0.05) is 6.42 Å². The van der Waals surface area contributed by atoms with Gasteiger partial charge in [-0.3, -0.25) is 4.79 Å². The number of Topliss-reactive ketones (excluding diaryl/α,β-unsaturated/α-hetero) is 1. The van der Waals surface area contributed by atoms with Gasteiger partial charge in [0.1, 0.15) is 5.78 Å². The molecule has 0 bridgehead atoms. The average molecular weight is 176 g/mol. The van der Waals surface area contributed by atoms with Gasteiger partial charge in [0.05, 0.1) is 0 Å². The predicted molar refractivity (Wildman–Crippen MR) is 55.0 cm³/mol. The zero-order valence-corrected chi connectivity index (χ0v) is 8.77. The van der Waals surface area contributed by atoms with Crippen LogP contribution in [0.15, 0.2) is 12.1 Å². The third-order valence-electron chi connectivity index (χ3n) is 2.36. The Bertz CT molecular complexity index is 337. The Morgan fingerprint density at radius 1 is 1.23 bits per heavy atom. The maximum absolute atomic E-state index is 11.0. The molecule has 0 aliphatic heterocycles. The molecule has 1 aromatic rings. The molecule has 0 saturated carbocycles. The predicted octanol–water partition coefficient (Wildman–Crippen LogP) is 2.74. The van der Waals surface area contributed by atoms with Crippen LogP contribution in [0.4, 0.5) is 0 Å². The molecular weight excluding hydrogens is 160 g/mol. The molecule has 70 valence electrons. The van der Waals surface area contributed by atoms with Crippen LogP contribution in [0.2, 0.25) is 0 Å². The zero-order valence-electron chi connectivity index (χ0n) is 8.77. The van der Waals surface area contributed by atoms with E-state index in [-0.39, 0.29) is 5.78 Å². The van der Waals surface area contributed by atoms with Gasteiger partial charge in [-0.25, -0.2) is 0 Å². The summed E-state index contributed by atoms with van der Waals surface area (Å²) < 4.78 is 0. The Morgan fingerprint density at radius 3 is 2.38 bits per heavy atom. The van der Waals surface area contributed by atoms with Crippen LogP contribution in [0, 0.1) is 20.8 Å². The molecule has 1 heteroatoms. The molecule has 0 N–H and O–H groups in total. The van der Waals surface area contributed by atoms with Crippen molar-refractivity contribution in [1.29, 1.82) is 0 Å². The number of hydrogen-bond acceptors (Lipinski definition) is 1. The average Bonchev–Trinajstić information content (AvgIpc) is 1.98. The smallest absolute Gasteiger partial charge is 0.134 e. The number of carbonyl (C=O) groups is 1. The third-order valence-corrected chi connectivity index (χ3v) is 2.36. The second-order valence-corrected chi connectivity index (χ2v) is 3.74.